The summed E-state index contributed by atoms with van der Waals surface area (Å²) in [6.45, 7) is 0.949. The molecule has 0 atom stereocenters. The second-order valence-electron chi connectivity index (χ2n) is 3.00. The van der Waals surface area contributed by atoms with Crippen LogP contribution in [0.15, 0.2) is 24.3 Å². The summed E-state index contributed by atoms with van der Waals surface area (Å²) in [6.07, 6.45) is 0. The van der Waals surface area contributed by atoms with Crippen LogP contribution in [-0.4, -0.2) is 38.9 Å². The number of amides is 1. The Morgan fingerprint density at radius 3 is 2.69 bits per heavy atom. The van der Waals surface area contributed by atoms with Crippen LogP contribution < -0.4 is 9.97 Å². The fourth-order valence-corrected chi connectivity index (χ4v) is 1.11. The van der Waals surface area contributed by atoms with Crippen molar-refractivity contribution in [2.24, 2.45) is 0 Å². The molecule has 5 nitrogen and oxygen atoms in total. The predicted octanol–water partition coefficient (Wildman–Crippen LogP) is -0.0319. The molecule has 16 heavy (non-hydrogen) atoms. The number of hydrogen-bond donors (Lipinski definition) is 2. The lowest BCUT2D eigenvalue weighted by Crippen LogP contribution is -2.26. The van der Waals surface area contributed by atoms with Crippen molar-refractivity contribution in [3.63, 3.8) is 0 Å². The van der Waals surface area contributed by atoms with E-state index in [1.165, 1.54) is 0 Å². The second kappa shape index (κ2) is 6.87. The molecule has 0 heterocycles. The third-order valence-electron chi connectivity index (χ3n) is 1.90. The Kier molecular flexibility index (Phi) is 5.38. The molecule has 1 rings (SSSR count). The van der Waals surface area contributed by atoms with Crippen LogP contribution >= 0.6 is 0 Å². The number of hydrogen-bond acceptors (Lipinski definition) is 4. The molecule has 0 fully saturated rings. The molecular weight excluding hydrogens is 209 g/mol. The SMILES string of the molecule is COCCNC(=O)c1ccc(O[B]O)cc1. The Hall–Kier alpha value is -1.53. The third-order valence-corrected chi connectivity index (χ3v) is 1.90. The van der Waals surface area contributed by atoms with E-state index >= 15 is 0 Å². The summed E-state index contributed by atoms with van der Waals surface area (Å²) in [5.41, 5.74) is 0.529. The van der Waals surface area contributed by atoms with Crippen molar-refractivity contribution < 1.29 is 19.2 Å². The van der Waals surface area contributed by atoms with Crippen molar-refractivity contribution in [1.29, 1.82) is 0 Å². The molecular formula is C10H13BNO4. The standard InChI is InChI=1S/C10H13BNO4/c1-15-7-6-12-10(13)8-2-4-9(5-3-8)16-11-14/h2-5,14H,6-7H2,1H3,(H,12,13). The molecule has 0 aliphatic carbocycles. The number of methoxy groups -OCH3 is 1. The highest BCUT2D eigenvalue weighted by Gasteiger charge is 2.04. The van der Waals surface area contributed by atoms with Crippen molar-refractivity contribution in [2.75, 3.05) is 20.3 Å². The molecule has 85 valence electrons. The van der Waals surface area contributed by atoms with Crippen molar-refractivity contribution in [1.82, 2.24) is 5.32 Å². The fourth-order valence-electron chi connectivity index (χ4n) is 1.11. The lowest BCUT2D eigenvalue weighted by atomic mass is 10.2. The Morgan fingerprint density at radius 1 is 1.44 bits per heavy atom. The number of carbonyl (C=O) groups is 1. The van der Waals surface area contributed by atoms with Crippen molar-refractivity contribution in [3.05, 3.63) is 29.8 Å². The Labute approximate surface area is 94.7 Å². The zero-order chi connectivity index (χ0) is 11.8. The van der Waals surface area contributed by atoms with Gasteiger partial charge in [0, 0.05) is 19.2 Å². The highest BCUT2D eigenvalue weighted by molar-refractivity contribution is 6.17. The first-order valence-electron chi connectivity index (χ1n) is 4.77. The summed E-state index contributed by atoms with van der Waals surface area (Å²) in [6, 6.07) is 6.41. The van der Waals surface area contributed by atoms with Gasteiger partial charge in [0.2, 0.25) is 0 Å². The van der Waals surface area contributed by atoms with Gasteiger partial charge in [-0.15, -0.1) is 0 Å². The van der Waals surface area contributed by atoms with Crippen molar-refractivity contribution >= 4 is 13.6 Å². The van der Waals surface area contributed by atoms with Crippen LogP contribution in [0.4, 0.5) is 0 Å². The maximum atomic E-state index is 11.5. The summed E-state index contributed by atoms with van der Waals surface area (Å²) in [4.78, 5) is 11.5. The fraction of sp³-hybridized carbons (Fsp3) is 0.300. The van der Waals surface area contributed by atoms with Gasteiger partial charge in [-0.2, -0.15) is 0 Å². The van der Waals surface area contributed by atoms with Crippen molar-refractivity contribution in [3.8, 4) is 5.75 Å². The zero-order valence-corrected chi connectivity index (χ0v) is 8.97. The Bertz CT molecular complexity index is 328. The Balaban J connectivity index is 2.49. The van der Waals surface area contributed by atoms with Crippen LogP contribution in [0.2, 0.25) is 0 Å². The van der Waals surface area contributed by atoms with E-state index in [1.807, 2.05) is 0 Å². The summed E-state index contributed by atoms with van der Waals surface area (Å²) in [7, 11) is 2.16. The number of rotatable bonds is 6. The van der Waals surface area contributed by atoms with E-state index in [9.17, 15) is 4.79 Å². The molecule has 2 N–H and O–H groups in total. The molecule has 1 amide bonds. The van der Waals surface area contributed by atoms with Gasteiger partial charge >= 0.3 is 7.69 Å². The predicted molar refractivity (Wildman–Crippen MR) is 59.3 cm³/mol. The first-order chi connectivity index (χ1) is 7.77. The highest BCUT2D eigenvalue weighted by Crippen LogP contribution is 2.11. The van der Waals surface area contributed by atoms with E-state index in [0.29, 0.717) is 32.1 Å². The molecule has 1 radical (unpaired) electrons. The zero-order valence-electron chi connectivity index (χ0n) is 8.97. The lowest BCUT2D eigenvalue weighted by Gasteiger charge is -2.05. The maximum Gasteiger partial charge on any atom is 0.569 e. The molecule has 0 aromatic heterocycles. The van der Waals surface area contributed by atoms with E-state index < -0.39 is 0 Å². The van der Waals surface area contributed by atoms with Gasteiger partial charge in [0.1, 0.15) is 5.75 Å². The van der Waals surface area contributed by atoms with Gasteiger partial charge in [-0.05, 0) is 24.3 Å². The van der Waals surface area contributed by atoms with Gasteiger partial charge in [-0.25, -0.2) is 0 Å². The second-order valence-corrected chi connectivity index (χ2v) is 3.00. The van der Waals surface area contributed by atoms with Crippen molar-refractivity contribution in [2.45, 2.75) is 0 Å². The minimum absolute atomic E-state index is 0.170. The van der Waals surface area contributed by atoms with Gasteiger partial charge in [-0.1, -0.05) is 0 Å². The minimum Gasteiger partial charge on any atom is -0.537 e. The number of benzene rings is 1. The number of nitrogens with one attached hydrogen (secondary N) is 1. The van der Waals surface area contributed by atoms with Crippen LogP contribution in [0.25, 0.3) is 0 Å². The molecule has 0 spiro atoms. The smallest absolute Gasteiger partial charge is 0.537 e. The Morgan fingerprint density at radius 2 is 2.12 bits per heavy atom. The average Bonchev–Trinajstić information content (AvgIpc) is 2.30. The average molecular weight is 222 g/mol. The van der Waals surface area contributed by atoms with Gasteiger partial charge in [-0.3, -0.25) is 4.79 Å². The summed E-state index contributed by atoms with van der Waals surface area (Å²) < 4.78 is 9.53. The van der Waals surface area contributed by atoms with E-state index in [4.69, 9.17) is 14.4 Å². The number of carbonyl (C=O) groups excluding carboxylic acids is 1. The molecule has 0 bridgehead atoms. The quantitative estimate of drug-likeness (QED) is 0.523. The third kappa shape index (κ3) is 3.92. The molecule has 0 aliphatic rings. The van der Waals surface area contributed by atoms with Gasteiger partial charge in [0.25, 0.3) is 5.91 Å². The molecule has 1 aromatic carbocycles. The molecule has 0 saturated carbocycles. The van der Waals surface area contributed by atoms with Crippen LogP contribution in [-0.2, 0) is 4.74 Å². The van der Waals surface area contributed by atoms with Crippen LogP contribution in [0.5, 0.6) is 5.75 Å². The summed E-state index contributed by atoms with van der Waals surface area (Å²) in [5, 5.41) is 11.1. The molecule has 0 saturated heterocycles. The largest absolute Gasteiger partial charge is 0.569 e. The summed E-state index contributed by atoms with van der Waals surface area (Å²) in [5.74, 6) is 0.299. The van der Waals surface area contributed by atoms with E-state index in [2.05, 4.69) is 5.32 Å². The van der Waals surface area contributed by atoms with Gasteiger partial charge in [0.15, 0.2) is 0 Å². The molecule has 6 heteroatoms. The minimum atomic E-state index is -0.170. The van der Waals surface area contributed by atoms with Crippen LogP contribution in [0.1, 0.15) is 10.4 Å². The number of ether oxygens (including phenoxy) is 1. The monoisotopic (exact) mass is 222 g/mol. The first kappa shape index (κ1) is 12.5. The van der Waals surface area contributed by atoms with Crippen LogP contribution in [0.3, 0.4) is 0 Å². The van der Waals surface area contributed by atoms with Gasteiger partial charge in [0.05, 0.1) is 6.61 Å². The normalized spacial score (nSPS) is 9.62. The summed E-state index contributed by atoms with van der Waals surface area (Å²) >= 11 is 0. The topological polar surface area (TPSA) is 67.8 Å². The highest BCUT2D eigenvalue weighted by atomic mass is 16.5. The first-order valence-corrected chi connectivity index (χ1v) is 4.77. The van der Waals surface area contributed by atoms with E-state index in [1.54, 1.807) is 31.4 Å². The molecule has 0 aliphatic heterocycles. The lowest BCUT2D eigenvalue weighted by molar-refractivity contribution is 0.0937. The van der Waals surface area contributed by atoms with Gasteiger partial charge < -0.3 is 19.7 Å². The van der Waals surface area contributed by atoms with Crippen LogP contribution in [0, 0.1) is 0 Å². The molecule has 0 unspecified atom stereocenters. The van der Waals surface area contributed by atoms with E-state index in [0.717, 1.165) is 0 Å². The van der Waals surface area contributed by atoms with E-state index in [-0.39, 0.29) is 5.91 Å². The maximum absolute atomic E-state index is 11.5. The molecule has 1 aromatic rings.